The molecule has 4 heterocycles. The molecule has 22 rings (SSSR count). The summed E-state index contributed by atoms with van der Waals surface area (Å²) in [7, 11) is 4.43. The van der Waals surface area contributed by atoms with Gasteiger partial charge in [-0.3, -0.25) is 4.21 Å². The molecule has 19 aromatic rings. The van der Waals surface area contributed by atoms with Gasteiger partial charge in [0.1, 0.15) is 39.9 Å². The van der Waals surface area contributed by atoms with Crippen LogP contribution in [0.1, 0.15) is 5.56 Å². The van der Waals surface area contributed by atoms with Gasteiger partial charge in [-0.1, -0.05) is 278 Å². The lowest BCUT2D eigenvalue weighted by Crippen LogP contribution is -2.31. The fourth-order valence-corrected chi connectivity index (χ4v) is 21.3. The number of hydrogen-bond donors (Lipinski definition) is 3. The second-order valence-electron chi connectivity index (χ2n) is 28.2. The van der Waals surface area contributed by atoms with Crippen LogP contribution in [0.3, 0.4) is 0 Å². The molecule has 1 aromatic heterocycles. The van der Waals surface area contributed by atoms with Gasteiger partial charge in [0.15, 0.2) is 0 Å². The van der Waals surface area contributed by atoms with Crippen LogP contribution in [-0.2, 0) is 10.8 Å². The van der Waals surface area contributed by atoms with Crippen molar-refractivity contribution in [3.05, 3.63) is 345 Å². The molecule has 0 bridgehead atoms. The molecule has 592 valence electrons. The number of methoxy groups -OCH3 is 4. The average Bonchev–Trinajstić information content (AvgIpc) is 1.61. The molecule has 120 heavy (non-hydrogen) atoms. The van der Waals surface area contributed by atoms with Gasteiger partial charge in [0.2, 0.25) is 0 Å². The maximum absolute atomic E-state index is 12.0. The van der Waals surface area contributed by atoms with E-state index in [1.54, 1.807) is 76.4 Å². The largest absolute Gasteiger partial charge is 0.507 e. The molecule has 3 N–H and O–H groups in total. The van der Waals surface area contributed by atoms with Crippen LogP contribution in [0, 0.1) is 6.92 Å². The van der Waals surface area contributed by atoms with Gasteiger partial charge >= 0.3 is 7.12 Å². The third kappa shape index (κ3) is 16.6. The molecular weight excluding hydrogens is 1600 g/mol. The van der Waals surface area contributed by atoms with Gasteiger partial charge in [0, 0.05) is 105 Å². The zero-order chi connectivity index (χ0) is 82.9. The molecule has 0 fully saturated rings. The van der Waals surface area contributed by atoms with Gasteiger partial charge in [-0.05, 0) is 193 Å². The smallest absolute Gasteiger partial charge is 0.489 e. The topological polar surface area (TPSA) is 128 Å². The molecule has 3 aliphatic heterocycles. The van der Waals surface area contributed by atoms with Crippen molar-refractivity contribution in [2.45, 2.75) is 51.0 Å². The van der Waals surface area contributed by atoms with E-state index in [0.29, 0.717) is 11.2 Å². The normalized spacial score (nSPS) is 11.8. The first-order valence-electron chi connectivity index (χ1n) is 38.9. The summed E-state index contributed by atoms with van der Waals surface area (Å²) < 4.78 is 40.0. The minimum Gasteiger partial charge on any atom is -0.507 e. The molecule has 9 nitrogen and oxygen atoms in total. The Morgan fingerprint density at radius 1 is 0.325 bits per heavy atom. The standard InChI is InChI=1S/C18H16O2S.C18H16OS.C17H12OS.C16H8OS.C16H10OS.C12H12O.C7H9BO2S/c1-20-16-12-11-13-7-3-4-8-14(13)18(16)15-9-5-6-10-17(15)21(2)19;1-19-16-12-11-13-7-3-4-8-14(13)18(16)15-9-5-6-10-17(15)20-2;1-18-13-10-9-11-5-4-8-15-16(11)17(13)12-6-2-3-7-14(12)19-15;1-3-9-7-8-11-16-14(9)12(5-1)18-13-6-2-4-10(17-11)15(13)16;17-12-9-8-10-4-3-7-14-15(10)16(12)11-5-1-2-6-13(11)18-14;1-9-11-6-4-3-5-10(11)7-8-12(9)13-2;1-11-7-5-3-2-4-6(7)8(9)10/h3-12H,1-2H3;3-12H,1-2H3;2-10H,1H3;1-8H;1-9,17H;3-8H,1-2H3;2-5,9-10H,1H3. The van der Waals surface area contributed by atoms with Crippen molar-refractivity contribution in [1.29, 1.82) is 0 Å². The number of hydrogen-bond acceptors (Lipinski definition) is 14. The lowest BCUT2D eigenvalue weighted by molar-refractivity contribution is 0.412. The summed E-state index contributed by atoms with van der Waals surface area (Å²) in [6.07, 6.45) is 5.72. The first-order chi connectivity index (χ1) is 58.8. The molecule has 1 atom stereocenters. The van der Waals surface area contributed by atoms with Crippen molar-refractivity contribution in [2.24, 2.45) is 0 Å². The highest BCUT2D eigenvalue weighted by Gasteiger charge is 2.26. The molecule has 0 saturated carbocycles. The molecular formula is C104H83BO9S6. The Bertz CT molecular complexity index is 7060. The summed E-state index contributed by atoms with van der Waals surface area (Å²) in [5, 5.41) is 45.3. The molecule has 0 radical (unpaired) electrons. The molecule has 0 amide bonds. The Kier molecular flexibility index (Phi) is 25.4. The van der Waals surface area contributed by atoms with Gasteiger partial charge in [-0.2, -0.15) is 0 Å². The molecule has 18 aromatic carbocycles. The minimum absolute atomic E-state index is 0.364. The monoisotopic (exact) mass is 1680 g/mol. The van der Waals surface area contributed by atoms with Crippen molar-refractivity contribution < 1.29 is 42.7 Å². The highest BCUT2D eigenvalue weighted by molar-refractivity contribution is 8.00. The summed E-state index contributed by atoms with van der Waals surface area (Å²) in [5.74, 6) is 3.99. The van der Waals surface area contributed by atoms with E-state index >= 15 is 0 Å². The number of furan rings is 1. The summed E-state index contributed by atoms with van der Waals surface area (Å²) in [5.41, 5.74) is 12.7. The number of ether oxygens (including phenoxy) is 4. The van der Waals surface area contributed by atoms with Crippen molar-refractivity contribution in [3.63, 3.8) is 0 Å². The zero-order valence-electron chi connectivity index (χ0n) is 67.1. The fraction of sp³-hybridized carbons (Fsp3) is 0.0769. The first kappa shape index (κ1) is 81.9. The van der Waals surface area contributed by atoms with E-state index in [1.165, 1.54) is 138 Å². The molecule has 0 spiro atoms. The zero-order valence-corrected chi connectivity index (χ0v) is 72.0. The number of phenolic OH excluding ortho intramolecular Hbond substituents is 1. The van der Waals surface area contributed by atoms with E-state index in [0.717, 1.165) is 77.0 Å². The van der Waals surface area contributed by atoms with Crippen LogP contribution >= 0.6 is 58.8 Å². The van der Waals surface area contributed by atoms with Gasteiger partial charge < -0.3 is 38.5 Å². The van der Waals surface area contributed by atoms with Crippen molar-refractivity contribution in [1.82, 2.24) is 0 Å². The van der Waals surface area contributed by atoms with Crippen LogP contribution in [0.25, 0.3) is 131 Å². The summed E-state index contributed by atoms with van der Waals surface area (Å²) in [6.45, 7) is 2.08. The molecule has 0 aliphatic carbocycles. The molecule has 0 saturated heterocycles. The Morgan fingerprint density at radius 3 is 1.26 bits per heavy atom. The second-order valence-corrected chi connectivity index (χ2v) is 34.5. The van der Waals surface area contributed by atoms with E-state index in [1.807, 2.05) is 121 Å². The van der Waals surface area contributed by atoms with Crippen LogP contribution in [0.4, 0.5) is 0 Å². The minimum atomic E-state index is -1.36. The Balaban J connectivity index is 0.000000105. The van der Waals surface area contributed by atoms with Gasteiger partial charge in [-0.25, -0.2) is 0 Å². The van der Waals surface area contributed by atoms with Crippen molar-refractivity contribution in [2.75, 3.05) is 47.2 Å². The van der Waals surface area contributed by atoms with Crippen LogP contribution in [-0.4, -0.2) is 73.7 Å². The van der Waals surface area contributed by atoms with Crippen molar-refractivity contribution in [3.8, 4) is 73.3 Å². The van der Waals surface area contributed by atoms with E-state index in [-0.39, 0.29) is 0 Å². The number of rotatable bonds is 10. The summed E-state index contributed by atoms with van der Waals surface area (Å²) in [4.78, 5) is 10.7. The lowest BCUT2D eigenvalue weighted by Gasteiger charge is -2.22. The Morgan fingerprint density at radius 2 is 0.700 bits per heavy atom. The van der Waals surface area contributed by atoms with Crippen LogP contribution in [0.5, 0.6) is 28.7 Å². The van der Waals surface area contributed by atoms with E-state index in [2.05, 4.69) is 244 Å². The maximum atomic E-state index is 12.0. The summed E-state index contributed by atoms with van der Waals surface area (Å²) >= 11 is 8.72. The fourth-order valence-electron chi connectivity index (χ4n) is 15.9. The lowest BCUT2D eigenvalue weighted by atomic mass is 9.80. The van der Waals surface area contributed by atoms with Gasteiger partial charge in [0.25, 0.3) is 0 Å². The maximum Gasteiger partial charge on any atom is 0.489 e. The van der Waals surface area contributed by atoms with Crippen LogP contribution < -0.4 is 24.4 Å². The average molecular weight is 1680 g/mol. The molecule has 3 aliphatic rings. The third-order valence-electron chi connectivity index (χ3n) is 21.4. The predicted octanol–water partition coefficient (Wildman–Crippen LogP) is 27.6. The van der Waals surface area contributed by atoms with E-state index in [4.69, 9.17) is 33.4 Å². The van der Waals surface area contributed by atoms with E-state index < -0.39 is 17.9 Å². The van der Waals surface area contributed by atoms with Crippen molar-refractivity contribution >= 4 is 169 Å². The third-order valence-corrected chi connectivity index (χ3v) is 27.4. The number of phenols is 1. The number of thioether (sulfide) groups is 2. The van der Waals surface area contributed by atoms with Crippen LogP contribution in [0.15, 0.2) is 388 Å². The summed E-state index contributed by atoms with van der Waals surface area (Å²) in [6, 6.07) is 115. The number of aromatic hydroxyl groups is 1. The molecule has 1 unspecified atom stereocenters. The molecule has 16 heteroatoms. The predicted molar refractivity (Wildman–Crippen MR) is 510 cm³/mol. The Hall–Kier alpha value is -11.8. The van der Waals surface area contributed by atoms with Crippen LogP contribution in [0.2, 0.25) is 0 Å². The first-order valence-corrected chi connectivity index (χ1v) is 45.4. The quantitative estimate of drug-likeness (QED) is 0.0888. The van der Waals surface area contributed by atoms with E-state index in [9.17, 15) is 9.32 Å². The highest BCUT2D eigenvalue weighted by atomic mass is 32.2. The van der Waals surface area contributed by atoms with Gasteiger partial charge in [0.05, 0.1) is 39.2 Å². The number of aryl methyl sites for hydroxylation is 1. The van der Waals surface area contributed by atoms with Gasteiger partial charge in [-0.15, -0.1) is 23.5 Å². The SMILES string of the molecule is COc1ccc2cccc3c2c1-c1ccccc1S3.COc1ccc2ccccc2c1-c1ccccc1S(C)=O.COc1ccc2ccccc2c1-c1ccccc1SC.COc1ccc2ccccc2c1C.CSc1ccccc1B(O)O.Oc1ccc2cccc3c2c1-c1ccccc1S3.c1cc2c3c(c1)ccc1oc4cccc(c4c13)S2. The Labute approximate surface area is 722 Å². The highest BCUT2D eigenvalue weighted by Crippen LogP contribution is 2.54. The second kappa shape index (κ2) is 37.2. The number of benzene rings is 18. The number of fused-ring (bicyclic) bond motifs is 7.